The van der Waals surface area contributed by atoms with Gasteiger partial charge in [-0.3, -0.25) is 0 Å². The van der Waals surface area contributed by atoms with Crippen LogP contribution in [0.25, 0.3) is 0 Å². The first-order valence-corrected chi connectivity index (χ1v) is 9.62. The third-order valence-corrected chi connectivity index (χ3v) is 4.91. The number of rotatable bonds is 8. The second-order valence-electron chi connectivity index (χ2n) is 6.45. The minimum absolute atomic E-state index is 0.0478. The molecule has 0 amide bonds. The fourth-order valence-corrected chi connectivity index (χ4v) is 3.66. The highest BCUT2D eigenvalue weighted by molar-refractivity contribution is 5.57. The number of hydrogen-bond acceptors (Lipinski definition) is 6. The van der Waals surface area contributed by atoms with Crippen LogP contribution < -0.4 is 29.0 Å². The fourth-order valence-electron chi connectivity index (χ4n) is 3.66. The van der Waals surface area contributed by atoms with Crippen molar-refractivity contribution in [3.05, 3.63) is 41.0 Å². The number of benzene rings is 2. The molecule has 1 heterocycles. The summed E-state index contributed by atoms with van der Waals surface area (Å²) in [6.45, 7) is 5.99. The smallest absolute Gasteiger partial charge is 0.164 e. The summed E-state index contributed by atoms with van der Waals surface area (Å²) in [4.78, 5) is 0. The molecule has 1 N–H and O–H groups in total. The van der Waals surface area contributed by atoms with Crippen LogP contribution in [0.15, 0.2) is 24.3 Å². The summed E-state index contributed by atoms with van der Waals surface area (Å²) in [5.41, 5.74) is 3.39. The Morgan fingerprint density at radius 3 is 1.93 bits per heavy atom. The Morgan fingerprint density at radius 1 is 0.750 bits per heavy atom. The molecule has 0 radical (unpaired) electrons. The van der Waals surface area contributed by atoms with Gasteiger partial charge in [0.15, 0.2) is 23.0 Å². The van der Waals surface area contributed by atoms with Gasteiger partial charge in [-0.05, 0) is 49.6 Å². The van der Waals surface area contributed by atoms with Gasteiger partial charge < -0.3 is 29.0 Å². The zero-order valence-corrected chi connectivity index (χ0v) is 17.3. The van der Waals surface area contributed by atoms with Crippen molar-refractivity contribution in [2.75, 3.05) is 41.1 Å². The molecule has 152 valence electrons. The van der Waals surface area contributed by atoms with Crippen LogP contribution in [0.2, 0.25) is 0 Å². The molecule has 0 saturated carbocycles. The van der Waals surface area contributed by atoms with Gasteiger partial charge in [0.25, 0.3) is 0 Å². The van der Waals surface area contributed by atoms with Crippen molar-refractivity contribution in [3.63, 3.8) is 0 Å². The summed E-state index contributed by atoms with van der Waals surface area (Å²) < 4.78 is 28.3. The van der Waals surface area contributed by atoms with Crippen LogP contribution in [0.1, 0.15) is 36.6 Å². The molecule has 0 aliphatic carbocycles. The maximum Gasteiger partial charge on any atom is 0.164 e. The molecule has 3 rings (SSSR count). The van der Waals surface area contributed by atoms with Crippen molar-refractivity contribution < 1.29 is 23.7 Å². The summed E-state index contributed by atoms with van der Waals surface area (Å²) in [6.07, 6.45) is 0.925. The van der Waals surface area contributed by atoms with Crippen molar-refractivity contribution in [1.82, 2.24) is 5.32 Å². The molecule has 6 heteroatoms. The lowest BCUT2D eigenvalue weighted by atomic mass is 9.88. The van der Waals surface area contributed by atoms with Crippen molar-refractivity contribution in [2.24, 2.45) is 0 Å². The summed E-state index contributed by atoms with van der Waals surface area (Å²) in [5, 5.41) is 3.60. The van der Waals surface area contributed by atoms with E-state index in [1.54, 1.807) is 21.3 Å². The molecule has 6 nitrogen and oxygen atoms in total. The molecular weight excluding hydrogens is 358 g/mol. The van der Waals surface area contributed by atoms with Gasteiger partial charge in [0.2, 0.25) is 0 Å². The Labute approximate surface area is 166 Å². The molecule has 1 aliphatic rings. The van der Waals surface area contributed by atoms with E-state index in [0.717, 1.165) is 41.3 Å². The highest BCUT2D eigenvalue weighted by Crippen LogP contribution is 2.43. The lowest BCUT2D eigenvalue weighted by Gasteiger charge is -2.30. The van der Waals surface area contributed by atoms with Gasteiger partial charge in [-0.15, -0.1) is 0 Å². The van der Waals surface area contributed by atoms with Crippen LogP contribution in [-0.2, 0) is 6.42 Å². The Morgan fingerprint density at radius 2 is 1.32 bits per heavy atom. The van der Waals surface area contributed by atoms with Crippen molar-refractivity contribution in [3.8, 4) is 28.7 Å². The Bertz CT molecular complexity index is 821. The van der Waals surface area contributed by atoms with E-state index < -0.39 is 0 Å². The second kappa shape index (κ2) is 9.06. The Hall–Kier alpha value is -2.60. The van der Waals surface area contributed by atoms with E-state index >= 15 is 0 Å². The first-order chi connectivity index (χ1) is 13.7. The topological polar surface area (TPSA) is 58.2 Å². The summed E-state index contributed by atoms with van der Waals surface area (Å²) in [6, 6.07) is 7.97. The van der Waals surface area contributed by atoms with Crippen molar-refractivity contribution >= 4 is 0 Å². The summed E-state index contributed by atoms with van der Waals surface area (Å²) in [7, 11) is 4.92. The van der Waals surface area contributed by atoms with E-state index in [1.165, 1.54) is 5.56 Å². The molecule has 0 fully saturated rings. The van der Waals surface area contributed by atoms with Crippen LogP contribution in [0.3, 0.4) is 0 Å². The fraction of sp³-hybridized carbons (Fsp3) is 0.455. The van der Waals surface area contributed by atoms with E-state index in [4.69, 9.17) is 23.7 Å². The first-order valence-electron chi connectivity index (χ1n) is 9.62. The molecule has 0 saturated heterocycles. The number of methoxy groups -OCH3 is 3. The maximum absolute atomic E-state index is 5.85. The van der Waals surface area contributed by atoms with E-state index in [1.807, 2.05) is 26.0 Å². The zero-order valence-electron chi connectivity index (χ0n) is 17.3. The second-order valence-corrected chi connectivity index (χ2v) is 6.45. The first kappa shape index (κ1) is 20.1. The van der Waals surface area contributed by atoms with Gasteiger partial charge >= 0.3 is 0 Å². The SMILES string of the molecule is CCOc1cc2c(cc1OCC)[C@@H](c1cc(OC)c(OC)cc1OC)NCC2. The molecule has 28 heavy (non-hydrogen) atoms. The minimum atomic E-state index is -0.0478. The quantitative estimate of drug-likeness (QED) is 0.745. The van der Waals surface area contributed by atoms with Crippen molar-refractivity contribution in [1.29, 1.82) is 0 Å². The highest BCUT2D eigenvalue weighted by atomic mass is 16.5. The summed E-state index contributed by atoms with van der Waals surface area (Å²) >= 11 is 0. The molecule has 0 unspecified atom stereocenters. The predicted molar refractivity (Wildman–Crippen MR) is 108 cm³/mol. The number of ether oxygens (including phenoxy) is 5. The van der Waals surface area contributed by atoms with Gasteiger partial charge in [0.05, 0.1) is 40.6 Å². The molecule has 0 spiro atoms. The van der Waals surface area contributed by atoms with Crippen LogP contribution in [0.4, 0.5) is 0 Å². The van der Waals surface area contributed by atoms with E-state index in [2.05, 4.69) is 17.4 Å². The molecule has 1 aliphatic heterocycles. The van der Waals surface area contributed by atoms with E-state index in [9.17, 15) is 0 Å². The Kier molecular flexibility index (Phi) is 6.52. The number of hydrogen-bond donors (Lipinski definition) is 1. The largest absolute Gasteiger partial charge is 0.496 e. The standard InChI is InChI=1S/C22H29NO5/c1-6-27-20-10-14-8-9-23-22(15(14)11-21(20)28-7-2)16-12-18(25-4)19(26-5)13-17(16)24-3/h10-13,22-23H,6-9H2,1-5H3/t22-/m0/s1. The minimum Gasteiger partial charge on any atom is -0.496 e. The average molecular weight is 387 g/mol. The average Bonchev–Trinajstić information content (AvgIpc) is 2.73. The monoisotopic (exact) mass is 387 g/mol. The van der Waals surface area contributed by atoms with Crippen LogP contribution >= 0.6 is 0 Å². The van der Waals surface area contributed by atoms with Gasteiger partial charge in [-0.1, -0.05) is 0 Å². The summed E-state index contributed by atoms with van der Waals surface area (Å²) in [5.74, 6) is 3.61. The molecule has 2 aromatic rings. The normalized spacial score (nSPS) is 15.5. The predicted octanol–water partition coefficient (Wildman–Crippen LogP) is 3.74. The lowest BCUT2D eigenvalue weighted by Crippen LogP contribution is -2.31. The lowest BCUT2D eigenvalue weighted by molar-refractivity contribution is 0.286. The van der Waals surface area contributed by atoms with Gasteiger partial charge in [0, 0.05) is 18.2 Å². The van der Waals surface area contributed by atoms with Crippen molar-refractivity contribution in [2.45, 2.75) is 26.3 Å². The highest BCUT2D eigenvalue weighted by Gasteiger charge is 2.28. The third kappa shape index (κ3) is 3.83. The molecule has 0 aromatic heterocycles. The van der Waals surface area contributed by atoms with E-state index in [0.29, 0.717) is 24.7 Å². The zero-order chi connectivity index (χ0) is 20.1. The molecule has 1 atom stereocenters. The molecule has 0 bridgehead atoms. The third-order valence-electron chi connectivity index (χ3n) is 4.91. The molecular formula is C22H29NO5. The molecule has 2 aromatic carbocycles. The number of fused-ring (bicyclic) bond motifs is 1. The van der Waals surface area contributed by atoms with E-state index in [-0.39, 0.29) is 6.04 Å². The van der Waals surface area contributed by atoms with Gasteiger partial charge in [-0.2, -0.15) is 0 Å². The Balaban J connectivity index is 2.12. The maximum atomic E-state index is 5.85. The van der Waals surface area contributed by atoms with Gasteiger partial charge in [0.1, 0.15) is 5.75 Å². The van der Waals surface area contributed by atoms with Crippen LogP contribution in [0, 0.1) is 0 Å². The van der Waals surface area contributed by atoms with Crippen LogP contribution in [0.5, 0.6) is 28.7 Å². The van der Waals surface area contributed by atoms with Crippen LogP contribution in [-0.4, -0.2) is 41.1 Å². The van der Waals surface area contributed by atoms with Gasteiger partial charge in [-0.25, -0.2) is 0 Å². The number of nitrogens with one attached hydrogen (secondary N) is 1.